The molecule has 2 aliphatic carbocycles. The van der Waals surface area contributed by atoms with Crippen LogP contribution in [0.4, 0.5) is 0 Å². The molecule has 0 saturated heterocycles. The number of halogens is 4. The van der Waals surface area contributed by atoms with Gasteiger partial charge in [-0.1, -0.05) is 125 Å². The maximum Gasteiger partial charge on any atom is 0.251 e. The summed E-state index contributed by atoms with van der Waals surface area (Å²) in [6, 6.07) is 36.3. The molecular formula is C75H88Cl4N16O5S2. The predicted molar refractivity (Wildman–Crippen MR) is 406 cm³/mol. The van der Waals surface area contributed by atoms with Gasteiger partial charge in [0.15, 0.2) is 16.6 Å². The van der Waals surface area contributed by atoms with Gasteiger partial charge in [0.1, 0.15) is 55.4 Å². The van der Waals surface area contributed by atoms with Crippen molar-refractivity contribution in [2.24, 2.45) is 5.73 Å². The van der Waals surface area contributed by atoms with E-state index >= 15 is 0 Å². The number of aromatic amines is 1. The van der Waals surface area contributed by atoms with E-state index in [1.54, 1.807) is 86.3 Å². The quantitative estimate of drug-likeness (QED) is 0.0443. The number of aromatic nitrogens is 14. The fourth-order valence-corrected chi connectivity index (χ4v) is 13.2. The molecule has 2 atom stereocenters. The molecule has 538 valence electrons. The lowest BCUT2D eigenvalue weighted by atomic mass is 9.71. The smallest absolute Gasteiger partial charge is 0.251 e. The lowest BCUT2D eigenvalue weighted by Crippen LogP contribution is -2.39. The van der Waals surface area contributed by atoms with Gasteiger partial charge in [0.25, 0.3) is 5.56 Å². The monoisotopic (exact) mass is 1500 g/mol. The van der Waals surface area contributed by atoms with Crippen molar-refractivity contribution in [1.82, 2.24) is 69.8 Å². The molecule has 0 bridgehead atoms. The third kappa shape index (κ3) is 25.1. The molecule has 0 radical (unpaired) electrons. The Kier molecular flexibility index (Phi) is 33.1. The second-order valence-corrected chi connectivity index (χ2v) is 27.7. The number of hydrogen-bond acceptors (Lipinski definition) is 20. The number of hydrogen-bond donors (Lipinski definition) is 3. The summed E-state index contributed by atoms with van der Waals surface area (Å²) in [4.78, 5) is 96.1. The summed E-state index contributed by atoms with van der Waals surface area (Å²) in [6.45, 7) is 26.6. The third-order valence-electron chi connectivity index (χ3n) is 15.4. The van der Waals surface area contributed by atoms with Crippen LogP contribution in [0.25, 0.3) is 0 Å². The summed E-state index contributed by atoms with van der Waals surface area (Å²) in [5.41, 5.74) is 14.2. The predicted octanol–water partition coefficient (Wildman–Crippen LogP) is 15.5. The normalized spacial score (nSPS) is 14.0. The molecule has 10 aromatic rings. The zero-order chi connectivity index (χ0) is 74.1. The van der Waals surface area contributed by atoms with Crippen LogP contribution in [-0.4, -0.2) is 95.6 Å². The number of rotatable bonds is 12. The summed E-state index contributed by atoms with van der Waals surface area (Å²) < 4.78 is 24.7. The van der Waals surface area contributed by atoms with Crippen LogP contribution in [-0.2, 0) is 66.6 Å². The first-order chi connectivity index (χ1) is 48.0. The van der Waals surface area contributed by atoms with Gasteiger partial charge in [-0.25, -0.2) is 73.2 Å². The van der Waals surface area contributed by atoms with E-state index in [4.69, 9.17) is 45.9 Å². The van der Waals surface area contributed by atoms with Crippen LogP contribution >= 0.6 is 59.0 Å². The first-order valence-corrected chi connectivity index (χ1v) is 36.6. The summed E-state index contributed by atoms with van der Waals surface area (Å²) in [7, 11) is -3.55. The Morgan fingerprint density at radius 2 is 1.00 bits per heavy atom. The lowest BCUT2D eigenvalue weighted by molar-refractivity contribution is 0.0869. The third-order valence-corrected chi connectivity index (χ3v) is 18.6. The van der Waals surface area contributed by atoms with Crippen molar-refractivity contribution in [1.29, 1.82) is 5.41 Å². The molecule has 12 rings (SSSR count). The molecule has 0 fully saturated rings. The van der Waals surface area contributed by atoms with Gasteiger partial charge in [-0.2, -0.15) is 0 Å². The fourth-order valence-electron chi connectivity index (χ4n) is 10.4. The van der Waals surface area contributed by atoms with E-state index in [0.717, 1.165) is 131 Å². The van der Waals surface area contributed by atoms with Gasteiger partial charge in [0, 0.05) is 56.3 Å². The minimum Gasteiger partial charge on any atom is -0.388 e. The minimum absolute atomic E-state index is 0. The van der Waals surface area contributed by atoms with E-state index in [9.17, 15) is 22.8 Å². The zero-order valence-electron chi connectivity index (χ0n) is 60.0. The fraction of sp³-hybridized carbons (Fsp3) is 0.347. The van der Waals surface area contributed by atoms with Crippen molar-refractivity contribution in [3.8, 4) is 0 Å². The largest absolute Gasteiger partial charge is 0.388 e. The van der Waals surface area contributed by atoms with Gasteiger partial charge < -0.3 is 10.7 Å². The van der Waals surface area contributed by atoms with Crippen molar-refractivity contribution in [3.05, 3.63) is 250 Å². The number of fused-ring (bicyclic) bond motifs is 2. The van der Waals surface area contributed by atoms with Crippen molar-refractivity contribution < 1.29 is 18.0 Å². The maximum atomic E-state index is 13.0. The molecule has 0 amide bonds. The number of nitrogens with one attached hydrogen (secondary N) is 2. The number of ketones is 2. The highest BCUT2D eigenvalue weighted by Crippen LogP contribution is 2.38. The number of carbonyl (C=O) groups excluding carboxylic acids is 2. The number of Topliss-reactive ketones (excluding diaryl/α,β-unsaturated/α-hetero) is 2. The van der Waals surface area contributed by atoms with Crippen molar-refractivity contribution in [3.63, 3.8) is 0 Å². The number of sulfone groups is 1. The Bertz CT molecular complexity index is 4650. The molecule has 0 saturated carbocycles. The maximum absolute atomic E-state index is 13.0. The molecule has 21 nitrogen and oxygen atoms in total. The van der Waals surface area contributed by atoms with E-state index < -0.39 is 15.3 Å². The molecule has 4 N–H and O–H groups in total. The Morgan fingerprint density at radius 1 is 0.539 bits per heavy atom. The van der Waals surface area contributed by atoms with Crippen molar-refractivity contribution in [2.45, 2.75) is 192 Å². The van der Waals surface area contributed by atoms with Crippen molar-refractivity contribution >= 4 is 86.2 Å². The van der Waals surface area contributed by atoms with Gasteiger partial charge in [0.05, 0.1) is 44.8 Å². The molecule has 102 heavy (non-hydrogen) atoms. The van der Waals surface area contributed by atoms with Crippen LogP contribution in [0.5, 0.6) is 0 Å². The number of carbonyl (C=O) groups is 2. The van der Waals surface area contributed by atoms with Crippen LogP contribution in [0.2, 0.25) is 15.5 Å². The van der Waals surface area contributed by atoms with E-state index in [2.05, 4.69) is 109 Å². The average molecular weight is 1500 g/mol. The van der Waals surface area contributed by atoms with Crippen molar-refractivity contribution in [2.75, 3.05) is 0 Å². The van der Waals surface area contributed by atoms with Crippen LogP contribution < -0.4 is 11.3 Å². The first-order valence-electron chi connectivity index (χ1n) is 33.2. The molecular weight excluding hydrogens is 1410 g/mol. The Balaban J connectivity index is 0.000000222. The van der Waals surface area contributed by atoms with Gasteiger partial charge in [-0.05, 0) is 198 Å². The number of nitrogens with two attached hydrogens (primary N) is 1. The number of aryl methyl sites for hydroxylation is 14. The molecule has 2 aromatic carbocycles. The SMILES string of the molecule is CC(=N)N.CCc1cc(=O)[nH]c(C)n1.CCc1cc(C2(C)CCc3nc(Cl)ccc3C2=O)nc(C)n1.CCc1cc(C2CCc3nc(Cl)ccc3C2=O)nc(C)n1.CCc1cc(Cl)nc(C)n1.CCc1cc(S(=O)(=O)c2ccccc2)nc(C)n1.CCc1cc(Sc2ccccc2)nc(C)n1.Cl. The zero-order valence-corrected chi connectivity index (χ0v) is 64.7. The van der Waals surface area contributed by atoms with E-state index in [1.165, 1.54) is 24.0 Å². The second kappa shape index (κ2) is 40.2. The molecule has 8 aromatic heterocycles. The molecule has 0 aliphatic heterocycles. The number of benzene rings is 2. The number of pyridine rings is 2. The first kappa shape index (κ1) is 83.9. The molecule has 8 heterocycles. The Hall–Kier alpha value is -8.71. The van der Waals surface area contributed by atoms with Crippen LogP contribution in [0.15, 0.2) is 146 Å². The highest BCUT2D eigenvalue weighted by molar-refractivity contribution is 7.99. The van der Waals surface area contributed by atoms with Gasteiger partial charge in [-0.15, -0.1) is 12.4 Å². The van der Waals surface area contributed by atoms with Gasteiger partial charge in [0.2, 0.25) is 9.84 Å². The minimum atomic E-state index is -3.55. The standard InChI is InChI=1S/C17H18ClN3O.C16H16ClN3O.C13H14N2O2S.C13H14N2S.C7H9ClN2.C7H10N2O.C2H6N2.ClH/c1-4-11-9-14(20-10(2)19-11)17(3)8-7-13-12(16(17)22)5-6-15(18)21-13;1-3-10-8-14(19-9(2)18-10)12-4-6-13-11(16(12)21)5-7-15(17)20-13;1-3-11-9-13(15-10(2)14-11)18(16,17)12-7-5-4-6-8-12;1-3-11-9-13(15-10(2)14-11)16-12-7-5-4-6-8-12;1-3-6-4-7(8)10-5(2)9-6;1-3-6-4-7(10)9-5(2)8-6;1-2(3)4;/h5-6,9H,4,7-8H2,1-3H3;5,7-8,12H,3-4,6H2,1-2H3;4-9H,3H2,1-2H3;4-9H,3H2,1-2H3;4H,3H2,1-2H3;4H,3H2,1-2H3,(H,8,9,10);1H3,(H3,3,4);1H. The van der Waals surface area contributed by atoms with E-state index in [0.29, 0.717) is 56.9 Å². The molecule has 27 heteroatoms. The topological polar surface area (TPSA) is 319 Å². The van der Waals surface area contributed by atoms with Crippen LogP contribution in [0.3, 0.4) is 0 Å². The molecule has 2 aliphatic rings. The molecule has 0 spiro atoms. The van der Waals surface area contributed by atoms with Crippen LogP contribution in [0.1, 0.15) is 187 Å². The molecule has 2 unspecified atom stereocenters. The summed E-state index contributed by atoms with van der Waals surface area (Å²) in [5, 5.41) is 8.77. The second-order valence-electron chi connectivity index (χ2n) is 23.6. The lowest BCUT2D eigenvalue weighted by Gasteiger charge is -2.32. The highest BCUT2D eigenvalue weighted by Gasteiger charge is 2.42. The highest BCUT2D eigenvalue weighted by atomic mass is 35.5. The number of H-pyrrole nitrogens is 1. The summed E-state index contributed by atoms with van der Waals surface area (Å²) >= 11 is 19.2. The van der Waals surface area contributed by atoms with Gasteiger partial charge >= 0.3 is 0 Å². The van der Waals surface area contributed by atoms with Gasteiger partial charge in [-0.3, -0.25) is 19.8 Å². The average Bonchev–Trinajstić information content (AvgIpc) is 0.761. The van der Waals surface area contributed by atoms with E-state index in [-0.39, 0.29) is 51.2 Å². The number of amidine groups is 1. The Morgan fingerprint density at radius 3 is 1.55 bits per heavy atom. The summed E-state index contributed by atoms with van der Waals surface area (Å²) in [6.07, 6.45) is 7.89. The van der Waals surface area contributed by atoms with Crippen LogP contribution in [0, 0.1) is 47.0 Å². The number of nitrogens with zero attached hydrogens (tertiary/aromatic N) is 13. The van der Waals surface area contributed by atoms with E-state index in [1.807, 2.05) is 85.7 Å². The summed E-state index contributed by atoms with van der Waals surface area (Å²) in [5.74, 6) is 4.29. The Labute approximate surface area is 623 Å².